The molecule has 5 rings (SSSR count). The van der Waals surface area contributed by atoms with Gasteiger partial charge in [-0.1, -0.05) is 18.2 Å². The molecule has 2 aromatic carbocycles. The molecule has 0 amide bonds. The molecule has 0 bridgehead atoms. The van der Waals surface area contributed by atoms with Crippen molar-refractivity contribution >= 4 is 17.5 Å². The minimum atomic E-state index is -0.0908. The molecule has 0 fully saturated rings. The first-order valence-corrected chi connectivity index (χ1v) is 10.6. The van der Waals surface area contributed by atoms with Crippen molar-refractivity contribution in [3.8, 4) is 11.5 Å². The van der Waals surface area contributed by atoms with Crippen molar-refractivity contribution in [1.29, 1.82) is 0 Å². The van der Waals surface area contributed by atoms with Gasteiger partial charge in [-0.25, -0.2) is 0 Å². The van der Waals surface area contributed by atoms with Crippen LogP contribution in [-0.4, -0.2) is 36.5 Å². The topological polar surface area (TPSA) is 54.9 Å². The molecule has 2 aliphatic rings. The summed E-state index contributed by atoms with van der Waals surface area (Å²) >= 11 is 0. The minimum absolute atomic E-state index is 0.0908. The molecule has 162 valence electrons. The predicted molar refractivity (Wildman–Crippen MR) is 124 cm³/mol. The maximum atomic E-state index is 13.1. The van der Waals surface area contributed by atoms with E-state index in [0.717, 1.165) is 40.2 Å². The highest BCUT2D eigenvalue weighted by Crippen LogP contribution is 2.43. The number of hydrogen-bond acceptors (Lipinski definition) is 6. The molecule has 0 radical (unpaired) electrons. The van der Waals surface area contributed by atoms with Gasteiger partial charge in [-0.05, 0) is 48.4 Å². The van der Waals surface area contributed by atoms with Gasteiger partial charge in [0.05, 0.1) is 5.56 Å². The van der Waals surface area contributed by atoms with Gasteiger partial charge in [-0.2, -0.15) is 0 Å². The highest BCUT2D eigenvalue weighted by molar-refractivity contribution is 6.15. The van der Waals surface area contributed by atoms with E-state index in [-0.39, 0.29) is 5.78 Å². The van der Waals surface area contributed by atoms with Crippen molar-refractivity contribution in [3.63, 3.8) is 0 Å². The number of hydrogen-bond donors (Lipinski definition) is 0. The molecule has 1 aromatic heterocycles. The monoisotopic (exact) mass is 427 g/mol. The SMILES string of the molecule is Cc1c2c(cc3c1O/C(=C\c1ccc(N(C)C)cc1)C3=O)CN(Cc1cccnc1)CO2. The van der Waals surface area contributed by atoms with Crippen LogP contribution in [0.1, 0.15) is 32.6 Å². The number of ether oxygens (including phenoxy) is 2. The second-order valence-electron chi connectivity index (χ2n) is 8.41. The number of allylic oxidation sites excluding steroid dienone is 1. The first kappa shape index (κ1) is 20.3. The van der Waals surface area contributed by atoms with Crippen molar-refractivity contribution < 1.29 is 14.3 Å². The van der Waals surface area contributed by atoms with E-state index in [1.165, 1.54) is 0 Å². The Kier molecular flexibility index (Phi) is 5.15. The first-order chi connectivity index (χ1) is 15.5. The fraction of sp³-hybridized carbons (Fsp3) is 0.231. The summed E-state index contributed by atoms with van der Waals surface area (Å²) in [6, 6.07) is 13.9. The number of rotatable bonds is 4. The number of Topliss-reactive ketones (excluding diaryl/α,β-unsaturated/α-hetero) is 1. The van der Waals surface area contributed by atoms with E-state index in [0.29, 0.717) is 30.3 Å². The number of fused-ring (bicyclic) bond motifs is 2. The Labute approximate surface area is 187 Å². The Hall–Kier alpha value is -3.64. The van der Waals surface area contributed by atoms with Crippen LogP contribution < -0.4 is 14.4 Å². The lowest BCUT2D eigenvalue weighted by atomic mass is 10.00. The predicted octanol–water partition coefficient (Wildman–Crippen LogP) is 4.42. The number of aromatic nitrogens is 1. The third-order valence-electron chi connectivity index (χ3n) is 5.84. The summed E-state index contributed by atoms with van der Waals surface area (Å²) in [4.78, 5) is 21.5. The molecule has 3 aromatic rings. The third-order valence-corrected chi connectivity index (χ3v) is 5.84. The molecule has 6 heteroatoms. The zero-order valence-electron chi connectivity index (χ0n) is 18.5. The number of pyridine rings is 1. The van der Waals surface area contributed by atoms with Gasteiger partial charge in [-0.15, -0.1) is 0 Å². The smallest absolute Gasteiger partial charge is 0.231 e. The average Bonchev–Trinajstić information content (AvgIpc) is 3.10. The zero-order chi connectivity index (χ0) is 22.2. The Bertz CT molecular complexity index is 1200. The Balaban J connectivity index is 1.40. The van der Waals surface area contributed by atoms with Crippen molar-refractivity contribution in [1.82, 2.24) is 9.88 Å². The van der Waals surface area contributed by atoms with Crippen LogP contribution >= 0.6 is 0 Å². The Morgan fingerprint density at radius 2 is 1.97 bits per heavy atom. The van der Waals surface area contributed by atoms with Gasteiger partial charge < -0.3 is 14.4 Å². The summed E-state index contributed by atoms with van der Waals surface area (Å²) in [5, 5.41) is 0. The summed E-state index contributed by atoms with van der Waals surface area (Å²) in [5.41, 5.74) is 5.63. The van der Waals surface area contributed by atoms with Gasteiger partial charge in [0.25, 0.3) is 0 Å². The lowest BCUT2D eigenvalue weighted by Gasteiger charge is -2.30. The van der Waals surface area contributed by atoms with Crippen molar-refractivity contribution in [2.75, 3.05) is 25.7 Å². The van der Waals surface area contributed by atoms with Gasteiger partial charge in [0.1, 0.15) is 18.2 Å². The second-order valence-corrected chi connectivity index (χ2v) is 8.41. The molecule has 0 spiro atoms. The molecule has 0 saturated carbocycles. The van der Waals surface area contributed by atoms with Crippen LogP contribution in [0.4, 0.5) is 5.69 Å². The highest BCUT2D eigenvalue weighted by atomic mass is 16.5. The standard InChI is InChI=1S/C26H25N3O3/c1-17-25-20(15-29(16-31-25)14-19-5-4-10-27-13-19)12-22-24(30)23(32-26(17)22)11-18-6-8-21(9-7-18)28(2)3/h4-13H,14-16H2,1-3H3/b23-11-. The number of anilines is 1. The van der Waals surface area contributed by atoms with Gasteiger partial charge in [0.15, 0.2) is 5.76 Å². The van der Waals surface area contributed by atoms with Crippen LogP contribution in [0, 0.1) is 6.92 Å². The zero-order valence-corrected chi connectivity index (χ0v) is 18.5. The van der Waals surface area contributed by atoms with E-state index in [1.54, 1.807) is 12.3 Å². The van der Waals surface area contributed by atoms with Gasteiger partial charge in [0.2, 0.25) is 5.78 Å². The van der Waals surface area contributed by atoms with Crippen LogP contribution in [0.15, 0.2) is 60.6 Å². The average molecular weight is 428 g/mol. The first-order valence-electron chi connectivity index (χ1n) is 10.6. The molecule has 0 aliphatic carbocycles. The molecule has 6 nitrogen and oxygen atoms in total. The molecular formula is C26H25N3O3. The molecule has 2 aliphatic heterocycles. The fourth-order valence-corrected chi connectivity index (χ4v) is 4.17. The Morgan fingerprint density at radius 1 is 1.16 bits per heavy atom. The van der Waals surface area contributed by atoms with E-state index in [4.69, 9.17) is 9.47 Å². The number of carbonyl (C=O) groups excluding carboxylic acids is 1. The van der Waals surface area contributed by atoms with Gasteiger partial charge in [0, 0.05) is 56.4 Å². The normalized spacial score (nSPS) is 16.3. The molecular weight excluding hydrogens is 402 g/mol. The van der Waals surface area contributed by atoms with Gasteiger partial charge >= 0.3 is 0 Å². The maximum Gasteiger partial charge on any atom is 0.231 e. The molecule has 32 heavy (non-hydrogen) atoms. The van der Waals surface area contributed by atoms with E-state index in [9.17, 15) is 4.79 Å². The van der Waals surface area contributed by atoms with E-state index < -0.39 is 0 Å². The number of benzene rings is 2. The van der Waals surface area contributed by atoms with Crippen LogP contribution in [0.3, 0.4) is 0 Å². The van der Waals surface area contributed by atoms with Crippen molar-refractivity contribution in [2.45, 2.75) is 20.0 Å². The van der Waals surface area contributed by atoms with E-state index in [2.05, 4.69) is 16.0 Å². The molecule has 0 saturated heterocycles. The van der Waals surface area contributed by atoms with Crippen LogP contribution in [0.25, 0.3) is 6.08 Å². The third kappa shape index (κ3) is 3.74. The summed E-state index contributed by atoms with van der Waals surface area (Å²) in [5.74, 6) is 1.67. The van der Waals surface area contributed by atoms with Crippen molar-refractivity contribution in [2.24, 2.45) is 0 Å². The summed E-state index contributed by atoms with van der Waals surface area (Å²) in [6.45, 7) is 3.88. The number of nitrogens with zero attached hydrogens (tertiary/aromatic N) is 3. The van der Waals surface area contributed by atoms with Crippen molar-refractivity contribution in [3.05, 3.63) is 88.4 Å². The lowest BCUT2D eigenvalue weighted by molar-refractivity contribution is 0.0876. The summed E-state index contributed by atoms with van der Waals surface area (Å²) in [6.07, 6.45) is 5.43. The fourth-order valence-electron chi connectivity index (χ4n) is 4.17. The number of ketones is 1. The lowest BCUT2D eigenvalue weighted by Crippen LogP contribution is -2.32. The second kappa shape index (κ2) is 8.13. The molecule has 3 heterocycles. The van der Waals surface area contributed by atoms with E-state index in [1.807, 2.05) is 68.5 Å². The van der Waals surface area contributed by atoms with Crippen LogP contribution in [0.5, 0.6) is 11.5 Å². The van der Waals surface area contributed by atoms with Gasteiger partial charge in [-0.3, -0.25) is 14.7 Å². The quantitative estimate of drug-likeness (QED) is 0.575. The Morgan fingerprint density at radius 3 is 2.69 bits per heavy atom. The largest absolute Gasteiger partial charge is 0.477 e. The number of carbonyl (C=O) groups is 1. The molecule has 0 atom stereocenters. The minimum Gasteiger partial charge on any atom is -0.477 e. The van der Waals surface area contributed by atoms with E-state index >= 15 is 0 Å². The summed E-state index contributed by atoms with van der Waals surface area (Å²) in [7, 11) is 4.00. The summed E-state index contributed by atoms with van der Waals surface area (Å²) < 4.78 is 12.1. The molecule has 0 unspecified atom stereocenters. The van der Waals surface area contributed by atoms with Crippen LogP contribution in [-0.2, 0) is 13.1 Å². The maximum absolute atomic E-state index is 13.1. The molecule has 0 N–H and O–H groups in total. The van der Waals surface area contributed by atoms with Crippen LogP contribution in [0.2, 0.25) is 0 Å². The highest BCUT2D eigenvalue weighted by Gasteiger charge is 2.33.